The Morgan fingerprint density at radius 1 is 1.12 bits per heavy atom. The summed E-state index contributed by atoms with van der Waals surface area (Å²) in [5, 5.41) is 7.81. The number of rotatable bonds is 8. The summed E-state index contributed by atoms with van der Waals surface area (Å²) in [6.45, 7) is 1.00. The van der Waals surface area contributed by atoms with Crippen molar-refractivity contribution >= 4 is 22.1 Å². The molecule has 0 saturated carbocycles. The van der Waals surface area contributed by atoms with Crippen molar-refractivity contribution in [2.75, 3.05) is 33.4 Å². The van der Waals surface area contributed by atoms with Gasteiger partial charge in [0.1, 0.15) is 10.6 Å². The SMILES string of the molecule is COc1ccc(C=CC(=O)OCc2nnc(-c3ccccc3)o2)cc1S(=O)(=O)N1CCOCC1. The zero-order valence-corrected chi connectivity index (χ0v) is 19.2. The number of aromatic nitrogens is 2. The van der Waals surface area contributed by atoms with E-state index in [0.717, 1.165) is 5.56 Å². The molecule has 1 saturated heterocycles. The Bertz CT molecular complexity index is 1270. The van der Waals surface area contributed by atoms with Gasteiger partial charge in [0.25, 0.3) is 5.89 Å². The van der Waals surface area contributed by atoms with E-state index in [1.54, 1.807) is 12.1 Å². The Kier molecular flexibility index (Phi) is 7.36. The van der Waals surface area contributed by atoms with Gasteiger partial charge in [0, 0.05) is 24.7 Å². The van der Waals surface area contributed by atoms with E-state index in [2.05, 4.69) is 10.2 Å². The third kappa shape index (κ3) is 5.50. The van der Waals surface area contributed by atoms with Crippen LogP contribution in [0.4, 0.5) is 0 Å². The Hall–Kier alpha value is -3.54. The fraction of sp³-hybridized carbons (Fsp3) is 0.261. The molecule has 0 aliphatic carbocycles. The number of ether oxygens (including phenoxy) is 3. The van der Waals surface area contributed by atoms with Crippen LogP contribution in [0.25, 0.3) is 17.5 Å². The molecule has 11 heteroatoms. The van der Waals surface area contributed by atoms with Gasteiger partial charge in [-0.3, -0.25) is 0 Å². The lowest BCUT2D eigenvalue weighted by Gasteiger charge is -2.26. The Balaban J connectivity index is 1.42. The van der Waals surface area contributed by atoms with E-state index in [1.807, 2.05) is 30.3 Å². The highest BCUT2D eigenvalue weighted by Gasteiger charge is 2.29. The molecule has 2 heterocycles. The highest BCUT2D eigenvalue weighted by molar-refractivity contribution is 7.89. The van der Waals surface area contributed by atoms with Crippen LogP contribution in [-0.2, 0) is 30.9 Å². The quantitative estimate of drug-likeness (QED) is 0.350. The van der Waals surface area contributed by atoms with Crippen LogP contribution in [0.3, 0.4) is 0 Å². The number of morpholine rings is 1. The van der Waals surface area contributed by atoms with Gasteiger partial charge >= 0.3 is 5.97 Å². The molecule has 1 aromatic heterocycles. The van der Waals surface area contributed by atoms with E-state index < -0.39 is 16.0 Å². The topological polar surface area (TPSA) is 121 Å². The van der Waals surface area contributed by atoms with Gasteiger partial charge in [0.05, 0.1) is 20.3 Å². The predicted molar refractivity (Wildman–Crippen MR) is 121 cm³/mol. The van der Waals surface area contributed by atoms with E-state index >= 15 is 0 Å². The van der Waals surface area contributed by atoms with Crippen LogP contribution < -0.4 is 4.74 Å². The first-order valence-corrected chi connectivity index (χ1v) is 11.9. The molecule has 2 aromatic carbocycles. The summed E-state index contributed by atoms with van der Waals surface area (Å²) in [4.78, 5) is 12.2. The van der Waals surface area contributed by atoms with Gasteiger partial charge in [-0.25, -0.2) is 13.2 Å². The van der Waals surface area contributed by atoms with Gasteiger partial charge in [-0.2, -0.15) is 4.31 Å². The molecule has 0 atom stereocenters. The average Bonchev–Trinajstić information content (AvgIpc) is 3.36. The van der Waals surface area contributed by atoms with Gasteiger partial charge < -0.3 is 18.6 Å². The zero-order valence-electron chi connectivity index (χ0n) is 18.4. The summed E-state index contributed by atoms with van der Waals surface area (Å²) in [5.41, 5.74) is 1.25. The molecule has 10 nitrogen and oxygen atoms in total. The molecule has 0 unspecified atom stereocenters. The van der Waals surface area contributed by atoms with Crippen LogP contribution in [0.15, 0.2) is 63.9 Å². The minimum Gasteiger partial charge on any atom is -0.495 e. The molecular weight excluding hydrogens is 462 g/mol. The maximum Gasteiger partial charge on any atom is 0.331 e. The van der Waals surface area contributed by atoms with Crippen molar-refractivity contribution in [2.45, 2.75) is 11.5 Å². The lowest BCUT2D eigenvalue weighted by Crippen LogP contribution is -2.40. The smallest absolute Gasteiger partial charge is 0.331 e. The highest BCUT2D eigenvalue weighted by atomic mass is 32.2. The van der Waals surface area contributed by atoms with E-state index in [0.29, 0.717) is 24.7 Å². The summed E-state index contributed by atoms with van der Waals surface area (Å²) >= 11 is 0. The second-order valence-corrected chi connectivity index (χ2v) is 9.14. The van der Waals surface area contributed by atoms with Gasteiger partial charge in [-0.05, 0) is 35.9 Å². The molecule has 34 heavy (non-hydrogen) atoms. The molecule has 0 bridgehead atoms. The number of hydrogen-bond donors (Lipinski definition) is 0. The minimum absolute atomic E-state index is 0.0201. The van der Waals surface area contributed by atoms with Gasteiger partial charge in [-0.15, -0.1) is 10.2 Å². The zero-order chi connectivity index (χ0) is 24.0. The first kappa shape index (κ1) is 23.6. The maximum atomic E-state index is 13.1. The van der Waals surface area contributed by atoms with Crippen LogP contribution in [-0.4, -0.2) is 62.3 Å². The summed E-state index contributed by atoms with van der Waals surface area (Å²) < 4.78 is 48.6. The normalized spacial score (nSPS) is 14.9. The monoisotopic (exact) mass is 485 g/mol. The number of methoxy groups -OCH3 is 1. The summed E-state index contributed by atoms with van der Waals surface area (Å²) in [5.74, 6) is 0.0584. The van der Waals surface area contributed by atoms with Crippen molar-refractivity contribution in [3.8, 4) is 17.2 Å². The minimum atomic E-state index is -3.78. The van der Waals surface area contributed by atoms with Gasteiger partial charge in [-0.1, -0.05) is 24.3 Å². The molecule has 1 aliphatic heterocycles. The summed E-state index contributed by atoms with van der Waals surface area (Å²) in [6, 6.07) is 13.9. The molecule has 178 valence electrons. The fourth-order valence-electron chi connectivity index (χ4n) is 3.28. The summed E-state index contributed by atoms with van der Waals surface area (Å²) in [6.07, 6.45) is 2.66. The lowest BCUT2D eigenvalue weighted by atomic mass is 10.2. The molecule has 1 fully saturated rings. The van der Waals surface area contributed by atoms with Crippen LogP contribution in [0, 0.1) is 0 Å². The van der Waals surface area contributed by atoms with Crippen molar-refractivity contribution in [3.63, 3.8) is 0 Å². The number of benzene rings is 2. The molecule has 4 rings (SSSR count). The molecule has 3 aromatic rings. The number of hydrogen-bond acceptors (Lipinski definition) is 9. The fourth-order valence-corrected chi connectivity index (χ4v) is 4.88. The Labute approximate surface area is 196 Å². The molecule has 0 radical (unpaired) electrons. The number of esters is 1. The standard InChI is InChI=1S/C23H23N3O7S/c1-30-19-9-7-17(15-20(19)34(28,29)26-11-13-31-14-12-26)8-10-22(27)32-16-21-24-25-23(33-21)18-5-3-2-4-6-18/h2-10,15H,11-14,16H2,1H3. The van der Waals surface area contributed by atoms with Gasteiger partial charge in [0.2, 0.25) is 15.9 Å². The van der Waals surface area contributed by atoms with E-state index in [4.69, 9.17) is 18.6 Å². The van der Waals surface area contributed by atoms with Gasteiger partial charge in [0.15, 0.2) is 6.61 Å². The van der Waals surface area contributed by atoms with Crippen LogP contribution in [0.2, 0.25) is 0 Å². The predicted octanol–water partition coefficient (Wildman–Crippen LogP) is 2.52. The second kappa shape index (κ2) is 10.6. The molecule has 1 aliphatic rings. The third-order valence-corrected chi connectivity index (χ3v) is 6.93. The van der Waals surface area contributed by atoms with E-state index in [1.165, 1.54) is 29.6 Å². The largest absolute Gasteiger partial charge is 0.495 e. The molecule has 0 amide bonds. The summed E-state index contributed by atoms with van der Waals surface area (Å²) in [7, 11) is -2.38. The van der Waals surface area contributed by atoms with E-state index in [-0.39, 0.29) is 36.2 Å². The number of nitrogens with zero attached hydrogens (tertiary/aromatic N) is 3. The maximum absolute atomic E-state index is 13.1. The van der Waals surface area contributed by atoms with Crippen molar-refractivity contribution in [1.82, 2.24) is 14.5 Å². The number of sulfonamides is 1. The molecule has 0 N–H and O–H groups in total. The van der Waals surface area contributed by atoms with Crippen molar-refractivity contribution in [1.29, 1.82) is 0 Å². The molecular formula is C23H23N3O7S. The highest BCUT2D eigenvalue weighted by Crippen LogP contribution is 2.29. The van der Waals surface area contributed by atoms with Crippen molar-refractivity contribution in [3.05, 3.63) is 66.1 Å². The number of carbonyl (C=O) groups excluding carboxylic acids is 1. The van der Waals surface area contributed by atoms with Crippen LogP contribution in [0.5, 0.6) is 5.75 Å². The van der Waals surface area contributed by atoms with Crippen LogP contribution in [0.1, 0.15) is 11.5 Å². The average molecular weight is 486 g/mol. The first-order chi connectivity index (χ1) is 16.5. The first-order valence-electron chi connectivity index (χ1n) is 10.5. The van der Waals surface area contributed by atoms with Crippen molar-refractivity contribution in [2.24, 2.45) is 0 Å². The Morgan fingerprint density at radius 2 is 1.88 bits per heavy atom. The van der Waals surface area contributed by atoms with E-state index in [9.17, 15) is 13.2 Å². The number of carbonyl (C=O) groups is 1. The van der Waals surface area contributed by atoms with Crippen molar-refractivity contribution < 1.29 is 31.8 Å². The second-order valence-electron chi connectivity index (χ2n) is 7.23. The Morgan fingerprint density at radius 3 is 2.62 bits per heavy atom. The lowest BCUT2D eigenvalue weighted by molar-refractivity contribution is -0.139. The van der Waals surface area contributed by atoms with Crippen LogP contribution >= 0.6 is 0 Å². The third-order valence-electron chi connectivity index (χ3n) is 5.01. The molecule has 0 spiro atoms.